The number of benzene rings is 1. The second-order valence-corrected chi connectivity index (χ2v) is 5.45. The van der Waals surface area contributed by atoms with Crippen LogP contribution in [0.1, 0.15) is 13.3 Å². The number of halogens is 1. The molecule has 2 rings (SSSR count). The molecule has 3 nitrogen and oxygen atoms in total. The van der Waals surface area contributed by atoms with Crippen molar-refractivity contribution in [3.8, 4) is 0 Å². The number of anilines is 2. The number of nitrogen functional groups attached to an aromatic ring is 1. The quantitative estimate of drug-likeness (QED) is 0.819. The summed E-state index contributed by atoms with van der Waals surface area (Å²) >= 11 is 3.46. The molecular formula is C12H17BrN2O. The van der Waals surface area contributed by atoms with Crippen molar-refractivity contribution in [2.45, 2.75) is 19.4 Å². The maximum absolute atomic E-state index is 9.38. The molecule has 0 amide bonds. The summed E-state index contributed by atoms with van der Waals surface area (Å²) in [5.41, 5.74) is 7.79. The molecular weight excluding hydrogens is 268 g/mol. The van der Waals surface area contributed by atoms with Crippen LogP contribution in [0.25, 0.3) is 0 Å². The molecule has 16 heavy (non-hydrogen) atoms. The zero-order valence-corrected chi connectivity index (χ0v) is 10.9. The van der Waals surface area contributed by atoms with Gasteiger partial charge in [-0.05, 0) is 30.5 Å². The summed E-state index contributed by atoms with van der Waals surface area (Å²) in [5.74, 6) is 0.607. The van der Waals surface area contributed by atoms with E-state index in [-0.39, 0.29) is 12.6 Å². The van der Waals surface area contributed by atoms with Gasteiger partial charge in [0.1, 0.15) is 0 Å². The van der Waals surface area contributed by atoms with Gasteiger partial charge >= 0.3 is 0 Å². The van der Waals surface area contributed by atoms with Crippen LogP contribution in [0.15, 0.2) is 22.7 Å². The Morgan fingerprint density at radius 2 is 2.31 bits per heavy atom. The summed E-state index contributed by atoms with van der Waals surface area (Å²) < 4.78 is 1.02. The maximum Gasteiger partial charge on any atom is 0.0635 e. The monoisotopic (exact) mass is 284 g/mol. The van der Waals surface area contributed by atoms with E-state index in [1.165, 1.54) is 0 Å². The Morgan fingerprint density at radius 1 is 1.56 bits per heavy atom. The van der Waals surface area contributed by atoms with Crippen LogP contribution in [0, 0.1) is 5.92 Å². The maximum atomic E-state index is 9.38. The van der Waals surface area contributed by atoms with E-state index < -0.39 is 0 Å². The summed E-state index contributed by atoms with van der Waals surface area (Å²) in [7, 11) is 0. The van der Waals surface area contributed by atoms with Gasteiger partial charge in [0.15, 0.2) is 0 Å². The number of aliphatic hydroxyl groups is 1. The van der Waals surface area contributed by atoms with Crippen LogP contribution in [0.5, 0.6) is 0 Å². The highest BCUT2D eigenvalue weighted by molar-refractivity contribution is 9.10. The minimum absolute atomic E-state index is 0.191. The molecule has 2 atom stereocenters. The van der Waals surface area contributed by atoms with Gasteiger partial charge in [-0.3, -0.25) is 0 Å². The first-order chi connectivity index (χ1) is 7.61. The highest BCUT2D eigenvalue weighted by Gasteiger charge is 2.30. The van der Waals surface area contributed by atoms with Crippen molar-refractivity contribution in [1.82, 2.24) is 0 Å². The molecule has 1 aromatic carbocycles. The first-order valence-electron chi connectivity index (χ1n) is 5.54. The Labute approximate surface area is 104 Å². The molecule has 1 fully saturated rings. The SMILES string of the molecule is C[C@H]1C[C@@H](CO)N(c2cc(Br)ccc2N)C1. The van der Waals surface area contributed by atoms with Crippen LogP contribution in [0.4, 0.5) is 11.4 Å². The van der Waals surface area contributed by atoms with Crippen LogP contribution in [0.3, 0.4) is 0 Å². The molecule has 3 N–H and O–H groups in total. The first-order valence-corrected chi connectivity index (χ1v) is 6.33. The van der Waals surface area contributed by atoms with Gasteiger partial charge < -0.3 is 15.7 Å². The topological polar surface area (TPSA) is 49.5 Å². The van der Waals surface area contributed by atoms with Crippen LogP contribution in [0.2, 0.25) is 0 Å². The van der Waals surface area contributed by atoms with Crippen molar-refractivity contribution in [1.29, 1.82) is 0 Å². The fourth-order valence-electron chi connectivity index (χ4n) is 2.38. The molecule has 0 aliphatic carbocycles. The fraction of sp³-hybridized carbons (Fsp3) is 0.500. The summed E-state index contributed by atoms with van der Waals surface area (Å²) in [6.45, 7) is 3.36. The highest BCUT2D eigenvalue weighted by Crippen LogP contribution is 2.34. The van der Waals surface area contributed by atoms with Crippen LogP contribution >= 0.6 is 15.9 Å². The molecule has 1 aliphatic rings. The predicted molar refractivity (Wildman–Crippen MR) is 70.6 cm³/mol. The minimum Gasteiger partial charge on any atom is -0.397 e. The van der Waals surface area contributed by atoms with E-state index in [0.29, 0.717) is 5.92 Å². The molecule has 0 saturated carbocycles. The molecule has 0 unspecified atom stereocenters. The number of aliphatic hydroxyl groups excluding tert-OH is 1. The third-order valence-electron chi connectivity index (χ3n) is 3.14. The molecule has 0 spiro atoms. The molecule has 1 saturated heterocycles. The van der Waals surface area contributed by atoms with Gasteiger partial charge in [0.25, 0.3) is 0 Å². The van der Waals surface area contributed by atoms with Gasteiger partial charge in [-0.15, -0.1) is 0 Å². The zero-order chi connectivity index (χ0) is 11.7. The zero-order valence-electron chi connectivity index (χ0n) is 9.36. The second kappa shape index (κ2) is 4.63. The summed E-state index contributed by atoms with van der Waals surface area (Å²) in [5, 5.41) is 9.38. The van der Waals surface area contributed by atoms with Crippen molar-refractivity contribution in [2.24, 2.45) is 5.92 Å². The lowest BCUT2D eigenvalue weighted by Gasteiger charge is -2.26. The summed E-state index contributed by atoms with van der Waals surface area (Å²) in [6, 6.07) is 6.06. The molecule has 1 aromatic rings. The van der Waals surface area contributed by atoms with Gasteiger partial charge in [0.05, 0.1) is 24.0 Å². The van der Waals surface area contributed by atoms with E-state index >= 15 is 0 Å². The number of rotatable bonds is 2. The largest absolute Gasteiger partial charge is 0.397 e. The lowest BCUT2D eigenvalue weighted by atomic mass is 10.1. The van der Waals surface area contributed by atoms with Crippen LogP contribution in [-0.2, 0) is 0 Å². The van der Waals surface area contributed by atoms with Crippen LogP contribution < -0.4 is 10.6 Å². The van der Waals surface area contributed by atoms with Crippen molar-refractivity contribution < 1.29 is 5.11 Å². The third kappa shape index (κ3) is 2.18. The minimum atomic E-state index is 0.191. The Balaban J connectivity index is 2.32. The third-order valence-corrected chi connectivity index (χ3v) is 3.63. The second-order valence-electron chi connectivity index (χ2n) is 4.53. The van der Waals surface area contributed by atoms with E-state index in [1.54, 1.807) is 0 Å². The van der Waals surface area contributed by atoms with E-state index in [4.69, 9.17) is 5.73 Å². The normalized spacial score (nSPS) is 25.1. The lowest BCUT2D eigenvalue weighted by Crippen LogP contribution is -2.32. The smallest absolute Gasteiger partial charge is 0.0635 e. The van der Waals surface area contributed by atoms with Crippen molar-refractivity contribution in [3.63, 3.8) is 0 Å². The molecule has 0 aromatic heterocycles. The Hall–Kier alpha value is -0.740. The molecule has 1 heterocycles. The molecule has 88 valence electrons. The Morgan fingerprint density at radius 3 is 3.00 bits per heavy atom. The molecule has 0 radical (unpaired) electrons. The van der Waals surface area contributed by atoms with E-state index in [2.05, 4.69) is 27.8 Å². The average Bonchev–Trinajstić information content (AvgIpc) is 2.63. The van der Waals surface area contributed by atoms with E-state index in [9.17, 15) is 5.11 Å². The summed E-state index contributed by atoms with van der Waals surface area (Å²) in [6.07, 6.45) is 1.03. The fourth-order valence-corrected chi connectivity index (χ4v) is 2.73. The van der Waals surface area contributed by atoms with Gasteiger partial charge in [0.2, 0.25) is 0 Å². The van der Waals surface area contributed by atoms with E-state index in [1.807, 2.05) is 18.2 Å². The van der Waals surface area contributed by atoms with Gasteiger partial charge in [0, 0.05) is 11.0 Å². The first kappa shape index (κ1) is 11.7. The van der Waals surface area contributed by atoms with Gasteiger partial charge in [-0.2, -0.15) is 0 Å². The lowest BCUT2D eigenvalue weighted by molar-refractivity contribution is 0.264. The molecule has 1 aliphatic heterocycles. The highest BCUT2D eigenvalue weighted by atomic mass is 79.9. The number of nitrogens with zero attached hydrogens (tertiary/aromatic N) is 1. The van der Waals surface area contributed by atoms with E-state index in [0.717, 1.165) is 28.8 Å². The number of nitrogens with two attached hydrogens (primary N) is 1. The summed E-state index contributed by atoms with van der Waals surface area (Å²) in [4.78, 5) is 2.21. The van der Waals surface area contributed by atoms with Crippen LogP contribution in [-0.4, -0.2) is 24.3 Å². The van der Waals surface area contributed by atoms with Crippen molar-refractivity contribution >= 4 is 27.3 Å². The van der Waals surface area contributed by atoms with Crippen molar-refractivity contribution in [3.05, 3.63) is 22.7 Å². The Kier molecular flexibility index (Phi) is 3.40. The standard InChI is InChI=1S/C12H17BrN2O/c1-8-4-10(7-16)15(6-8)12-5-9(13)2-3-11(12)14/h2-3,5,8,10,16H,4,6-7,14H2,1H3/t8-,10-/m0/s1. The Bertz CT molecular complexity index is 383. The predicted octanol–water partition coefficient (Wildman–Crippen LogP) is 2.24. The molecule has 0 bridgehead atoms. The number of hydrogen-bond acceptors (Lipinski definition) is 3. The van der Waals surface area contributed by atoms with Crippen molar-refractivity contribution in [2.75, 3.05) is 23.8 Å². The van der Waals surface area contributed by atoms with Gasteiger partial charge in [-0.1, -0.05) is 22.9 Å². The molecule has 4 heteroatoms. The average molecular weight is 285 g/mol. The van der Waals surface area contributed by atoms with Gasteiger partial charge in [-0.25, -0.2) is 0 Å². The number of hydrogen-bond donors (Lipinski definition) is 2.